The van der Waals surface area contributed by atoms with Gasteiger partial charge in [-0.15, -0.1) is 24.8 Å². The van der Waals surface area contributed by atoms with E-state index in [0.717, 1.165) is 41.1 Å². The van der Waals surface area contributed by atoms with E-state index in [1.165, 1.54) is 0 Å². The van der Waals surface area contributed by atoms with Gasteiger partial charge in [-0.05, 0) is 49.8 Å². The van der Waals surface area contributed by atoms with Crippen molar-refractivity contribution in [2.24, 2.45) is 0 Å². The van der Waals surface area contributed by atoms with Crippen LogP contribution in [0.3, 0.4) is 0 Å². The highest BCUT2D eigenvalue weighted by Gasteiger charge is 2.08. The van der Waals surface area contributed by atoms with E-state index in [0.29, 0.717) is 18.1 Å². The second kappa shape index (κ2) is 13.0. The molecule has 2 aromatic rings. The highest BCUT2D eigenvalue weighted by Crippen LogP contribution is 2.31. The first-order valence-electron chi connectivity index (χ1n) is 7.27. The Balaban J connectivity index is 0.00000264. The minimum absolute atomic E-state index is 0. The summed E-state index contributed by atoms with van der Waals surface area (Å²) in [7, 11) is 0. The Morgan fingerprint density at radius 2 is 1.79 bits per heavy atom. The standard InChI is InChI=1S/C16H20BrClN2O2.2ClH/c17-12-2-4-14(15(18)10-12)16-5-3-13(22-16)11-20-7-1-6-19-8-9-21;;/h2-5,10,19-21H,1,6-9,11H2;2*1H. The normalized spacial score (nSPS) is 10.1. The van der Waals surface area contributed by atoms with E-state index in [-0.39, 0.29) is 31.4 Å². The van der Waals surface area contributed by atoms with Gasteiger partial charge in [-0.2, -0.15) is 0 Å². The lowest BCUT2D eigenvalue weighted by Crippen LogP contribution is -2.23. The molecule has 0 aliphatic carbocycles. The summed E-state index contributed by atoms with van der Waals surface area (Å²) in [6, 6.07) is 9.65. The SMILES string of the molecule is Cl.Cl.OCCNCCCNCc1ccc(-c2ccc(Br)cc2Cl)o1. The molecule has 0 bridgehead atoms. The Morgan fingerprint density at radius 3 is 2.50 bits per heavy atom. The Kier molecular flexibility index (Phi) is 12.9. The zero-order chi connectivity index (χ0) is 15.8. The van der Waals surface area contributed by atoms with Crippen LogP contribution in [0.5, 0.6) is 0 Å². The molecule has 0 saturated heterocycles. The van der Waals surface area contributed by atoms with Crippen LogP contribution in [0.1, 0.15) is 12.2 Å². The monoisotopic (exact) mass is 458 g/mol. The fourth-order valence-corrected chi connectivity index (χ4v) is 2.83. The average molecular weight is 461 g/mol. The Labute approximate surface area is 168 Å². The number of furan rings is 1. The molecule has 1 aromatic heterocycles. The second-order valence-electron chi connectivity index (χ2n) is 4.89. The van der Waals surface area contributed by atoms with Gasteiger partial charge in [0, 0.05) is 16.6 Å². The molecule has 0 unspecified atom stereocenters. The van der Waals surface area contributed by atoms with Gasteiger partial charge >= 0.3 is 0 Å². The molecule has 1 aromatic carbocycles. The van der Waals surface area contributed by atoms with Crippen molar-refractivity contribution in [1.82, 2.24) is 10.6 Å². The summed E-state index contributed by atoms with van der Waals surface area (Å²) >= 11 is 9.62. The van der Waals surface area contributed by atoms with E-state index in [2.05, 4.69) is 26.6 Å². The number of halogens is 4. The molecule has 24 heavy (non-hydrogen) atoms. The number of nitrogens with one attached hydrogen (secondary N) is 2. The van der Waals surface area contributed by atoms with E-state index >= 15 is 0 Å². The van der Waals surface area contributed by atoms with Crippen molar-refractivity contribution in [2.75, 3.05) is 26.2 Å². The molecule has 0 aliphatic rings. The highest BCUT2D eigenvalue weighted by molar-refractivity contribution is 9.10. The molecule has 0 amide bonds. The van der Waals surface area contributed by atoms with Gasteiger partial charge in [0.05, 0.1) is 18.2 Å². The van der Waals surface area contributed by atoms with Crippen LogP contribution < -0.4 is 10.6 Å². The molecule has 0 atom stereocenters. The number of rotatable bonds is 9. The van der Waals surface area contributed by atoms with Gasteiger partial charge in [-0.3, -0.25) is 0 Å². The van der Waals surface area contributed by atoms with Crippen molar-refractivity contribution >= 4 is 52.3 Å². The minimum atomic E-state index is 0. The zero-order valence-electron chi connectivity index (χ0n) is 13.1. The van der Waals surface area contributed by atoms with Crippen molar-refractivity contribution in [2.45, 2.75) is 13.0 Å². The molecule has 4 nitrogen and oxygen atoms in total. The quantitative estimate of drug-likeness (QED) is 0.489. The molecule has 0 spiro atoms. The largest absolute Gasteiger partial charge is 0.460 e. The summed E-state index contributed by atoms with van der Waals surface area (Å²) in [5.74, 6) is 1.66. The molecule has 2 rings (SSSR count). The fraction of sp³-hybridized carbons (Fsp3) is 0.375. The Hall–Kier alpha value is -0.270. The van der Waals surface area contributed by atoms with Crippen LogP contribution in [-0.4, -0.2) is 31.3 Å². The van der Waals surface area contributed by atoms with E-state index in [1.54, 1.807) is 0 Å². The third kappa shape index (κ3) is 7.74. The number of aliphatic hydroxyl groups is 1. The Morgan fingerprint density at radius 1 is 1.04 bits per heavy atom. The summed E-state index contributed by atoms with van der Waals surface area (Å²) in [5, 5.41) is 15.8. The predicted molar refractivity (Wildman–Crippen MR) is 108 cm³/mol. The lowest BCUT2D eigenvalue weighted by Gasteiger charge is -2.04. The van der Waals surface area contributed by atoms with Gasteiger partial charge in [0.25, 0.3) is 0 Å². The molecule has 0 fully saturated rings. The van der Waals surface area contributed by atoms with Crippen molar-refractivity contribution in [3.8, 4) is 11.3 Å². The average Bonchev–Trinajstić information content (AvgIpc) is 2.95. The van der Waals surface area contributed by atoms with Crippen molar-refractivity contribution < 1.29 is 9.52 Å². The first-order valence-corrected chi connectivity index (χ1v) is 8.44. The van der Waals surface area contributed by atoms with Gasteiger partial charge in [0.1, 0.15) is 11.5 Å². The van der Waals surface area contributed by atoms with Crippen LogP contribution >= 0.6 is 52.3 Å². The van der Waals surface area contributed by atoms with Gasteiger partial charge in [-0.25, -0.2) is 0 Å². The highest BCUT2D eigenvalue weighted by atomic mass is 79.9. The molecular weight excluding hydrogens is 438 g/mol. The molecule has 8 heteroatoms. The maximum absolute atomic E-state index is 8.65. The molecule has 0 saturated carbocycles. The summed E-state index contributed by atoms with van der Waals surface area (Å²) in [6.45, 7) is 3.31. The number of aliphatic hydroxyl groups excluding tert-OH is 1. The van der Waals surface area contributed by atoms with Crippen LogP contribution in [-0.2, 0) is 6.54 Å². The molecule has 0 radical (unpaired) electrons. The lowest BCUT2D eigenvalue weighted by molar-refractivity contribution is 0.292. The van der Waals surface area contributed by atoms with Gasteiger partial charge in [0.15, 0.2) is 0 Å². The van der Waals surface area contributed by atoms with Crippen molar-refractivity contribution in [3.05, 3.63) is 45.6 Å². The summed E-state index contributed by atoms with van der Waals surface area (Å²) in [5.41, 5.74) is 0.893. The molecule has 1 heterocycles. The second-order valence-corrected chi connectivity index (χ2v) is 6.22. The third-order valence-corrected chi connectivity index (χ3v) is 3.96. The maximum Gasteiger partial charge on any atom is 0.135 e. The summed E-state index contributed by atoms with van der Waals surface area (Å²) < 4.78 is 6.77. The first-order chi connectivity index (χ1) is 10.7. The van der Waals surface area contributed by atoms with E-state index in [1.807, 2.05) is 30.3 Å². The topological polar surface area (TPSA) is 57.4 Å². The van der Waals surface area contributed by atoms with Crippen LogP contribution in [0.4, 0.5) is 0 Å². The summed E-state index contributed by atoms with van der Waals surface area (Å²) in [4.78, 5) is 0. The molecule has 0 aliphatic heterocycles. The maximum atomic E-state index is 8.65. The first kappa shape index (κ1) is 23.7. The number of hydrogen-bond acceptors (Lipinski definition) is 4. The van der Waals surface area contributed by atoms with Gasteiger partial charge in [0.2, 0.25) is 0 Å². The van der Waals surface area contributed by atoms with Crippen LogP contribution in [0.25, 0.3) is 11.3 Å². The van der Waals surface area contributed by atoms with Crippen LogP contribution in [0.15, 0.2) is 39.2 Å². The van der Waals surface area contributed by atoms with E-state index in [9.17, 15) is 0 Å². The van der Waals surface area contributed by atoms with Crippen molar-refractivity contribution in [1.29, 1.82) is 0 Å². The van der Waals surface area contributed by atoms with Crippen molar-refractivity contribution in [3.63, 3.8) is 0 Å². The minimum Gasteiger partial charge on any atom is -0.460 e. The zero-order valence-corrected chi connectivity index (χ0v) is 17.0. The number of hydrogen-bond donors (Lipinski definition) is 3. The van der Waals surface area contributed by atoms with Gasteiger partial charge in [-0.1, -0.05) is 27.5 Å². The third-order valence-electron chi connectivity index (χ3n) is 3.15. The predicted octanol–water partition coefficient (Wildman–Crippen LogP) is 4.27. The molecule has 136 valence electrons. The lowest BCUT2D eigenvalue weighted by atomic mass is 10.2. The fourth-order valence-electron chi connectivity index (χ4n) is 2.06. The summed E-state index contributed by atoms with van der Waals surface area (Å²) in [6.07, 6.45) is 1.01. The van der Waals surface area contributed by atoms with E-state index in [4.69, 9.17) is 21.1 Å². The molecule has 3 N–H and O–H groups in total. The molecular formula is C16H22BrCl3N2O2. The van der Waals surface area contributed by atoms with Crippen LogP contribution in [0.2, 0.25) is 5.02 Å². The van der Waals surface area contributed by atoms with Gasteiger partial charge < -0.3 is 20.2 Å². The number of benzene rings is 1. The van der Waals surface area contributed by atoms with Crippen LogP contribution in [0, 0.1) is 0 Å². The Bertz CT molecular complexity index is 596. The smallest absolute Gasteiger partial charge is 0.135 e. The van der Waals surface area contributed by atoms with E-state index < -0.39 is 0 Å².